The van der Waals surface area contributed by atoms with Crippen LogP contribution in [-0.2, 0) is 0 Å². The molecule has 0 aliphatic carbocycles. The summed E-state index contributed by atoms with van der Waals surface area (Å²) in [6.07, 6.45) is 1.07. The minimum Gasteiger partial charge on any atom is -0.370 e. The van der Waals surface area contributed by atoms with Gasteiger partial charge in [0.15, 0.2) is 5.96 Å². The van der Waals surface area contributed by atoms with Gasteiger partial charge < -0.3 is 16.4 Å². The summed E-state index contributed by atoms with van der Waals surface area (Å²) >= 11 is 0. The molecule has 1 aliphatic rings. The fourth-order valence-corrected chi connectivity index (χ4v) is 1.44. The Labute approximate surface area is 67.0 Å². The van der Waals surface area contributed by atoms with Gasteiger partial charge in [-0.05, 0) is 19.3 Å². The second kappa shape index (κ2) is 3.09. The second-order valence-corrected chi connectivity index (χ2v) is 3.24. The molecule has 0 aromatic carbocycles. The van der Waals surface area contributed by atoms with E-state index in [1.165, 1.54) is 0 Å². The Morgan fingerprint density at radius 2 is 2.36 bits per heavy atom. The van der Waals surface area contributed by atoms with Gasteiger partial charge in [0.2, 0.25) is 0 Å². The summed E-state index contributed by atoms with van der Waals surface area (Å²) in [5.41, 5.74) is 11.1. The molecule has 0 bridgehead atoms. The van der Waals surface area contributed by atoms with Crippen LogP contribution in [0.5, 0.6) is 0 Å². The largest absolute Gasteiger partial charge is 0.370 e. The molecule has 2 unspecified atom stereocenters. The van der Waals surface area contributed by atoms with Crippen molar-refractivity contribution < 1.29 is 0 Å². The van der Waals surface area contributed by atoms with Gasteiger partial charge >= 0.3 is 0 Å². The second-order valence-electron chi connectivity index (χ2n) is 3.24. The molecular formula is C7H16N4. The normalized spacial score (nSPS) is 27.1. The lowest BCUT2D eigenvalue weighted by molar-refractivity contribution is 0.432. The number of guanidine groups is 1. The van der Waals surface area contributed by atoms with Crippen LogP contribution < -0.4 is 11.5 Å². The van der Waals surface area contributed by atoms with Gasteiger partial charge in [-0.3, -0.25) is 5.41 Å². The molecule has 0 radical (unpaired) electrons. The molecule has 1 heterocycles. The molecule has 0 amide bonds. The summed E-state index contributed by atoms with van der Waals surface area (Å²) in [6.45, 7) is 3.75. The van der Waals surface area contributed by atoms with E-state index in [0.29, 0.717) is 5.92 Å². The van der Waals surface area contributed by atoms with E-state index in [1.807, 2.05) is 11.8 Å². The Morgan fingerprint density at radius 1 is 1.73 bits per heavy atom. The first-order valence-electron chi connectivity index (χ1n) is 3.96. The van der Waals surface area contributed by atoms with Gasteiger partial charge in [0.1, 0.15) is 0 Å². The number of nitrogens with two attached hydrogens (primary N) is 2. The van der Waals surface area contributed by atoms with Crippen molar-refractivity contribution in [2.24, 2.45) is 17.4 Å². The van der Waals surface area contributed by atoms with E-state index in [4.69, 9.17) is 16.9 Å². The highest BCUT2D eigenvalue weighted by Crippen LogP contribution is 2.17. The van der Waals surface area contributed by atoms with Gasteiger partial charge in [-0.2, -0.15) is 0 Å². The number of hydrogen-bond acceptors (Lipinski definition) is 2. The molecule has 1 rings (SSSR count). The first-order valence-corrected chi connectivity index (χ1v) is 3.96. The molecule has 0 aromatic heterocycles. The Bertz CT molecular complexity index is 155. The molecule has 4 heteroatoms. The van der Waals surface area contributed by atoms with Crippen LogP contribution in [0.2, 0.25) is 0 Å². The van der Waals surface area contributed by atoms with E-state index >= 15 is 0 Å². The van der Waals surface area contributed by atoms with Crippen LogP contribution in [0.1, 0.15) is 13.3 Å². The van der Waals surface area contributed by atoms with E-state index in [-0.39, 0.29) is 12.0 Å². The van der Waals surface area contributed by atoms with E-state index < -0.39 is 0 Å². The van der Waals surface area contributed by atoms with Gasteiger partial charge in [-0.15, -0.1) is 0 Å². The summed E-state index contributed by atoms with van der Waals surface area (Å²) in [5.74, 6) is 0.687. The SMILES string of the molecule is CC(N)C1CCN(C(=N)N)C1. The molecule has 4 nitrogen and oxygen atoms in total. The highest BCUT2D eigenvalue weighted by molar-refractivity contribution is 5.74. The van der Waals surface area contributed by atoms with Crippen molar-refractivity contribution in [3.05, 3.63) is 0 Å². The fourth-order valence-electron chi connectivity index (χ4n) is 1.44. The average Bonchev–Trinajstić information content (AvgIpc) is 2.33. The number of nitrogens with one attached hydrogen (secondary N) is 1. The van der Waals surface area contributed by atoms with Gasteiger partial charge in [0, 0.05) is 19.1 Å². The van der Waals surface area contributed by atoms with E-state index in [2.05, 4.69) is 0 Å². The fraction of sp³-hybridized carbons (Fsp3) is 0.857. The third-order valence-electron chi connectivity index (χ3n) is 2.31. The van der Waals surface area contributed by atoms with Crippen LogP contribution >= 0.6 is 0 Å². The van der Waals surface area contributed by atoms with E-state index in [1.54, 1.807) is 0 Å². The maximum absolute atomic E-state index is 7.19. The molecule has 1 aliphatic heterocycles. The lowest BCUT2D eigenvalue weighted by Gasteiger charge is -2.17. The van der Waals surface area contributed by atoms with Crippen molar-refractivity contribution in [2.45, 2.75) is 19.4 Å². The van der Waals surface area contributed by atoms with Crippen molar-refractivity contribution in [3.63, 3.8) is 0 Å². The predicted molar refractivity (Wildman–Crippen MR) is 45.2 cm³/mol. The van der Waals surface area contributed by atoms with Crippen LogP contribution in [0, 0.1) is 11.3 Å². The zero-order valence-electron chi connectivity index (χ0n) is 6.88. The van der Waals surface area contributed by atoms with Crippen LogP contribution in [0.25, 0.3) is 0 Å². The van der Waals surface area contributed by atoms with Gasteiger partial charge in [0.25, 0.3) is 0 Å². The number of hydrogen-bond donors (Lipinski definition) is 3. The van der Waals surface area contributed by atoms with Crippen molar-refractivity contribution in [1.29, 1.82) is 5.41 Å². The molecule has 0 spiro atoms. The zero-order valence-corrected chi connectivity index (χ0v) is 6.88. The van der Waals surface area contributed by atoms with Crippen LogP contribution in [0.15, 0.2) is 0 Å². The maximum Gasteiger partial charge on any atom is 0.188 e. The lowest BCUT2D eigenvalue weighted by atomic mass is 10.0. The third kappa shape index (κ3) is 1.83. The van der Waals surface area contributed by atoms with Crippen molar-refractivity contribution in [1.82, 2.24) is 4.90 Å². The summed E-state index contributed by atoms with van der Waals surface area (Å²) < 4.78 is 0. The highest BCUT2D eigenvalue weighted by Gasteiger charge is 2.25. The Balaban J connectivity index is 2.41. The Hall–Kier alpha value is -0.770. The standard InChI is InChI=1S/C7H16N4/c1-5(8)6-2-3-11(4-6)7(9)10/h5-6H,2-4,8H2,1H3,(H3,9,10). The average molecular weight is 156 g/mol. The molecule has 0 saturated carbocycles. The third-order valence-corrected chi connectivity index (χ3v) is 2.31. The van der Waals surface area contributed by atoms with Gasteiger partial charge in [-0.1, -0.05) is 0 Å². The summed E-state index contributed by atoms with van der Waals surface area (Å²) in [6, 6.07) is 0.222. The summed E-state index contributed by atoms with van der Waals surface area (Å²) in [7, 11) is 0. The number of rotatable bonds is 1. The summed E-state index contributed by atoms with van der Waals surface area (Å²) in [4.78, 5) is 1.87. The van der Waals surface area contributed by atoms with Gasteiger partial charge in [0.05, 0.1) is 0 Å². The summed E-state index contributed by atoms with van der Waals surface area (Å²) in [5, 5.41) is 7.19. The topological polar surface area (TPSA) is 79.1 Å². The van der Waals surface area contributed by atoms with Gasteiger partial charge in [-0.25, -0.2) is 0 Å². The maximum atomic E-state index is 7.19. The van der Waals surface area contributed by atoms with Crippen molar-refractivity contribution in [3.8, 4) is 0 Å². The Morgan fingerprint density at radius 3 is 2.64 bits per heavy atom. The molecule has 0 aromatic rings. The van der Waals surface area contributed by atoms with Crippen LogP contribution in [0.3, 0.4) is 0 Å². The Kier molecular flexibility index (Phi) is 2.34. The minimum atomic E-state index is 0.174. The monoisotopic (exact) mass is 156 g/mol. The molecule has 1 saturated heterocycles. The van der Waals surface area contributed by atoms with Crippen molar-refractivity contribution >= 4 is 5.96 Å². The minimum absolute atomic E-state index is 0.174. The zero-order chi connectivity index (χ0) is 8.43. The quantitative estimate of drug-likeness (QED) is 0.355. The molecule has 2 atom stereocenters. The first-order chi connectivity index (χ1) is 5.11. The van der Waals surface area contributed by atoms with Crippen LogP contribution in [-0.4, -0.2) is 30.0 Å². The van der Waals surface area contributed by atoms with Crippen molar-refractivity contribution in [2.75, 3.05) is 13.1 Å². The van der Waals surface area contributed by atoms with E-state index in [0.717, 1.165) is 19.5 Å². The van der Waals surface area contributed by atoms with E-state index in [9.17, 15) is 0 Å². The predicted octanol–water partition coefficient (Wildman–Crippen LogP) is -0.451. The smallest absolute Gasteiger partial charge is 0.188 e. The first kappa shape index (κ1) is 8.33. The molecule has 11 heavy (non-hydrogen) atoms. The lowest BCUT2D eigenvalue weighted by Crippen LogP contribution is -2.36. The van der Waals surface area contributed by atoms with Crippen LogP contribution in [0.4, 0.5) is 0 Å². The molecule has 64 valence electrons. The molecule has 1 fully saturated rings. The molecule has 5 N–H and O–H groups in total. The number of nitrogens with zero attached hydrogens (tertiary/aromatic N) is 1. The number of likely N-dealkylation sites (tertiary alicyclic amines) is 1. The molecular weight excluding hydrogens is 140 g/mol. The highest BCUT2D eigenvalue weighted by atomic mass is 15.2.